The van der Waals surface area contributed by atoms with Crippen LogP contribution in [0.25, 0.3) is 16.8 Å². The van der Waals surface area contributed by atoms with Crippen LogP contribution >= 0.6 is 47.2 Å². The summed E-state index contributed by atoms with van der Waals surface area (Å²) < 4.78 is 46.1. The van der Waals surface area contributed by atoms with Crippen molar-refractivity contribution in [3.8, 4) is 5.75 Å². The van der Waals surface area contributed by atoms with Crippen LogP contribution in [0.2, 0.25) is 10.0 Å². The van der Waals surface area contributed by atoms with Gasteiger partial charge in [-0.05, 0) is 53.2 Å². The van der Waals surface area contributed by atoms with Gasteiger partial charge in [-0.3, -0.25) is 9.69 Å². The molecular formula is C28H16Cl2F3NO2S2. The maximum absolute atomic E-state index is 13.4. The number of alkyl halides is 3. The van der Waals surface area contributed by atoms with Crippen molar-refractivity contribution in [1.82, 2.24) is 0 Å². The second-order valence-electron chi connectivity index (χ2n) is 8.29. The summed E-state index contributed by atoms with van der Waals surface area (Å²) in [4.78, 5) is 14.8. The zero-order chi connectivity index (χ0) is 27.0. The van der Waals surface area contributed by atoms with Crippen LogP contribution in [0.5, 0.6) is 5.75 Å². The summed E-state index contributed by atoms with van der Waals surface area (Å²) in [6.07, 6.45) is -2.89. The number of halogens is 5. The molecule has 1 heterocycles. The molecule has 4 aromatic rings. The van der Waals surface area contributed by atoms with Gasteiger partial charge in [-0.15, -0.1) is 0 Å². The molecule has 0 atom stereocenters. The minimum Gasteiger partial charge on any atom is -0.488 e. The van der Waals surface area contributed by atoms with Gasteiger partial charge in [0.25, 0.3) is 5.91 Å². The number of benzene rings is 4. The number of thiocarbonyl (C=S) groups is 1. The summed E-state index contributed by atoms with van der Waals surface area (Å²) in [6, 6.07) is 20.9. The molecule has 0 radical (unpaired) electrons. The van der Waals surface area contributed by atoms with E-state index in [0.717, 1.165) is 45.1 Å². The third-order valence-electron chi connectivity index (χ3n) is 5.83. The summed E-state index contributed by atoms with van der Waals surface area (Å²) in [7, 11) is 0. The SMILES string of the molecule is O=C1/C(=C/c2c(OCc3ccc(Cl)cc3Cl)ccc3ccccc23)SC(=S)N1c1cccc(C(F)(F)F)c1. The van der Waals surface area contributed by atoms with Gasteiger partial charge in [-0.2, -0.15) is 13.2 Å². The Hall–Kier alpha value is -3.04. The van der Waals surface area contributed by atoms with Crippen LogP contribution in [0.4, 0.5) is 18.9 Å². The number of nitrogens with zero attached hydrogens (tertiary/aromatic N) is 1. The molecule has 0 saturated carbocycles. The fourth-order valence-electron chi connectivity index (χ4n) is 3.99. The normalized spacial score (nSPS) is 15.1. The van der Waals surface area contributed by atoms with Gasteiger partial charge < -0.3 is 4.74 Å². The molecule has 38 heavy (non-hydrogen) atoms. The van der Waals surface area contributed by atoms with E-state index < -0.39 is 17.6 Å². The summed E-state index contributed by atoms with van der Waals surface area (Å²) >= 11 is 18.7. The van der Waals surface area contributed by atoms with Crippen molar-refractivity contribution < 1.29 is 22.7 Å². The number of hydrogen-bond donors (Lipinski definition) is 0. The van der Waals surface area contributed by atoms with Crippen molar-refractivity contribution in [3.05, 3.63) is 111 Å². The standard InChI is InChI=1S/C28H16Cl2F3NO2S2/c29-19-10-8-17(23(30)13-19)15-36-24-11-9-16-4-1-2-7-21(16)22(24)14-25-26(35)34(27(37)38-25)20-6-3-5-18(12-20)28(31,32)33/h1-14H,15H2/b25-14-. The van der Waals surface area contributed by atoms with Gasteiger partial charge in [-0.1, -0.05) is 89.6 Å². The van der Waals surface area contributed by atoms with E-state index >= 15 is 0 Å². The molecule has 0 unspecified atom stereocenters. The first-order chi connectivity index (χ1) is 18.1. The molecule has 1 amide bonds. The van der Waals surface area contributed by atoms with Crippen molar-refractivity contribution in [2.24, 2.45) is 0 Å². The van der Waals surface area contributed by atoms with E-state index in [4.69, 9.17) is 40.2 Å². The molecule has 0 spiro atoms. The third-order valence-corrected chi connectivity index (χ3v) is 7.72. The van der Waals surface area contributed by atoms with Gasteiger partial charge in [0, 0.05) is 21.2 Å². The maximum atomic E-state index is 13.4. The van der Waals surface area contributed by atoms with Gasteiger partial charge in [0.1, 0.15) is 12.4 Å². The highest BCUT2D eigenvalue weighted by atomic mass is 35.5. The lowest BCUT2D eigenvalue weighted by molar-refractivity contribution is -0.137. The predicted molar refractivity (Wildman–Crippen MR) is 152 cm³/mol. The summed E-state index contributed by atoms with van der Waals surface area (Å²) in [5.74, 6) is -0.0157. The minimum atomic E-state index is -4.55. The fourth-order valence-corrected chi connectivity index (χ4v) is 5.73. The first-order valence-electron chi connectivity index (χ1n) is 11.2. The molecule has 1 aliphatic rings. The Kier molecular flexibility index (Phi) is 7.42. The van der Waals surface area contributed by atoms with Crippen molar-refractivity contribution in [2.45, 2.75) is 12.8 Å². The lowest BCUT2D eigenvalue weighted by Crippen LogP contribution is -2.27. The van der Waals surface area contributed by atoms with Crippen LogP contribution in [0, 0.1) is 0 Å². The van der Waals surface area contributed by atoms with Crippen LogP contribution in [-0.4, -0.2) is 10.2 Å². The monoisotopic (exact) mass is 589 g/mol. The molecule has 1 saturated heterocycles. The topological polar surface area (TPSA) is 29.5 Å². The van der Waals surface area contributed by atoms with Crippen LogP contribution in [0.3, 0.4) is 0 Å². The fraction of sp³-hybridized carbons (Fsp3) is 0.0714. The highest BCUT2D eigenvalue weighted by Gasteiger charge is 2.36. The number of carbonyl (C=O) groups is 1. The van der Waals surface area contributed by atoms with Gasteiger partial charge in [0.15, 0.2) is 4.32 Å². The van der Waals surface area contributed by atoms with Crippen molar-refractivity contribution in [2.75, 3.05) is 4.90 Å². The average molecular weight is 590 g/mol. The van der Waals surface area contributed by atoms with Crippen molar-refractivity contribution >= 4 is 79.9 Å². The second-order valence-corrected chi connectivity index (χ2v) is 10.8. The summed E-state index contributed by atoms with van der Waals surface area (Å²) in [5, 5.41) is 2.72. The Balaban J connectivity index is 1.52. The molecule has 10 heteroatoms. The smallest absolute Gasteiger partial charge is 0.416 e. The molecular weight excluding hydrogens is 574 g/mol. The second kappa shape index (κ2) is 10.6. The van der Waals surface area contributed by atoms with Gasteiger partial charge in [0.05, 0.1) is 16.2 Å². The molecule has 5 rings (SSSR count). The largest absolute Gasteiger partial charge is 0.488 e. The Morgan fingerprint density at radius 1 is 0.974 bits per heavy atom. The molecule has 0 bridgehead atoms. The lowest BCUT2D eigenvalue weighted by atomic mass is 10.0. The molecule has 1 aliphatic heterocycles. The van der Waals surface area contributed by atoms with Crippen molar-refractivity contribution in [1.29, 1.82) is 0 Å². The zero-order valence-electron chi connectivity index (χ0n) is 19.3. The van der Waals surface area contributed by atoms with E-state index in [-0.39, 0.29) is 21.5 Å². The zero-order valence-corrected chi connectivity index (χ0v) is 22.4. The number of anilines is 1. The van der Waals surface area contributed by atoms with Crippen LogP contribution < -0.4 is 9.64 Å². The number of carbonyl (C=O) groups excluding carboxylic acids is 1. The Labute approximate surface area is 235 Å². The number of rotatable bonds is 5. The van der Waals surface area contributed by atoms with E-state index in [2.05, 4.69) is 0 Å². The Bertz CT molecular complexity index is 1620. The first-order valence-corrected chi connectivity index (χ1v) is 13.1. The number of ether oxygens (including phenoxy) is 1. The highest BCUT2D eigenvalue weighted by molar-refractivity contribution is 8.27. The number of thioether (sulfide) groups is 1. The molecule has 192 valence electrons. The molecule has 3 nitrogen and oxygen atoms in total. The number of amides is 1. The first kappa shape index (κ1) is 26.6. The number of hydrogen-bond acceptors (Lipinski definition) is 4. The van der Waals surface area contributed by atoms with Crippen LogP contribution in [0.1, 0.15) is 16.7 Å². The van der Waals surface area contributed by atoms with E-state index in [1.807, 2.05) is 30.3 Å². The van der Waals surface area contributed by atoms with Gasteiger partial charge in [-0.25, -0.2) is 0 Å². The molecule has 0 N–H and O–H groups in total. The van der Waals surface area contributed by atoms with E-state index in [1.54, 1.807) is 30.3 Å². The van der Waals surface area contributed by atoms with Gasteiger partial charge >= 0.3 is 6.18 Å². The quantitative estimate of drug-likeness (QED) is 0.171. The third kappa shape index (κ3) is 5.40. The number of fused-ring (bicyclic) bond motifs is 1. The predicted octanol–water partition coefficient (Wildman–Crippen LogP) is 9.15. The Morgan fingerprint density at radius 2 is 1.76 bits per heavy atom. The van der Waals surface area contributed by atoms with Crippen LogP contribution in [0.15, 0.2) is 83.8 Å². The van der Waals surface area contributed by atoms with Gasteiger partial charge in [0.2, 0.25) is 0 Å². The van der Waals surface area contributed by atoms with E-state index in [1.165, 1.54) is 12.1 Å². The molecule has 4 aromatic carbocycles. The molecule has 0 aromatic heterocycles. The highest BCUT2D eigenvalue weighted by Crippen LogP contribution is 2.40. The summed E-state index contributed by atoms with van der Waals surface area (Å²) in [5.41, 5.74) is 0.555. The lowest BCUT2D eigenvalue weighted by Gasteiger charge is -2.16. The molecule has 1 fully saturated rings. The van der Waals surface area contributed by atoms with Crippen LogP contribution in [-0.2, 0) is 17.6 Å². The van der Waals surface area contributed by atoms with Crippen molar-refractivity contribution in [3.63, 3.8) is 0 Å². The average Bonchev–Trinajstić information content (AvgIpc) is 3.16. The maximum Gasteiger partial charge on any atom is 0.416 e. The van der Waals surface area contributed by atoms with E-state index in [9.17, 15) is 18.0 Å². The van der Waals surface area contributed by atoms with E-state index in [0.29, 0.717) is 21.4 Å². The molecule has 0 aliphatic carbocycles. The minimum absolute atomic E-state index is 0.0532. The Morgan fingerprint density at radius 3 is 2.53 bits per heavy atom. The summed E-state index contributed by atoms with van der Waals surface area (Å²) in [6.45, 7) is 0.153.